The van der Waals surface area contributed by atoms with Crippen LogP contribution in [0.5, 0.6) is 0 Å². The zero-order valence-corrected chi connectivity index (χ0v) is 14.7. The van der Waals surface area contributed by atoms with Crippen LogP contribution in [0.2, 0.25) is 0 Å². The second kappa shape index (κ2) is 7.31. The third kappa shape index (κ3) is 4.04. The van der Waals surface area contributed by atoms with Gasteiger partial charge in [0, 0.05) is 13.1 Å². The molecular weight excluding hydrogens is 321 g/mol. The maximum absolute atomic E-state index is 13.2. The number of aryl methyl sites for hydroxylation is 2. The van der Waals surface area contributed by atoms with Crippen LogP contribution in [0.15, 0.2) is 24.3 Å². The molecule has 1 aliphatic heterocycles. The number of aromatic nitrogens is 3. The number of hydrogen-bond acceptors (Lipinski definition) is 4. The van der Waals surface area contributed by atoms with Crippen molar-refractivity contribution in [2.75, 3.05) is 13.1 Å². The number of halogens is 1. The molecule has 0 bridgehead atoms. The molecule has 134 valence electrons. The van der Waals surface area contributed by atoms with Crippen molar-refractivity contribution < 1.29 is 9.18 Å². The van der Waals surface area contributed by atoms with Gasteiger partial charge in [-0.15, -0.1) is 0 Å². The topological polar surface area (TPSA) is 77.0 Å². The Morgan fingerprint density at radius 2 is 2.08 bits per heavy atom. The smallest absolute Gasteiger partial charge is 0.239 e. The molecule has 1 aliphatic rings. The number of nitrogens with two attached hydrogens (primary N) is 1. The minimum Gasteiger partial charge on any atom is -0.368 e. The van der Waals surface area contributed by atoms with Gasteiger partial charge >= 0.3 is 0 Å². The van der Waals surface area contributed by atoms with Gasteiger partial charge in [-0.05, 0) is 56.8 Å². The molecule has 2 aromatic rings. The standard InChI is InChI=1S/C18H24FN5O/c1-12-21-13(2)24(22-12)11-14-4-3-9-23(10-14)17(18(20)25)15-5-7-16(19)8-6-15/h5-8,14,17H,3-4,9-11H2,1-2H3,(H2,20,25)/t14-,17-/m0/s1. The van der Waals surface area contributed by atoms with Gasteiger partial charge in [0.2, 0.25) is 5.91 Å². The first kappa shape index (κ1) is 17.5. The molecule has 1 aromatic heterocycles. The summed E-state index contributed by atoms with van der Waals surface area (Å²) in [5, 5.41) is 4.43. The van der Waals surface area contributed by atoms with E-state index in [0.717, 1.165) is 49.7 Å². The number of nitrogens with zero attached hydrogens (tertiary/aromatic N) is 4. The van der Waals surface area contributed by atoms with Crippen LogP contribution in [0.4, 0.5) is 4.39 Å². The first-order valence-electron chi connectivity index (χ1n) is 8.61. The number of benzene rings is 1. The normalized spacial score (nSPS) is 19.7. The summed E-state index contributed by atoms with van der Waals surface area (Å²) in [6, 6.07) is 5.49. The molecule has 0 unspecified atom stereocenters. The molecular formula is C18H24FN5O. The van der Waals surface area contributed by atoms with Gasteiger partial charge in [-0.25, -0.2) is 14.1 Å². The Kier molecular flexibility index (Phi) is 5.13. The molecule has 1 fully saturated rings. The van der Waals surface area contributed by atoms with E-state index in [1.165, 1.54) is 12.1 Å². The Labute approximate surface area is 146 Å². The molecule has 2 heterocycles. The summed E-state index contributed by atoms with van der Waals surface area (Å²) in [7, 11) is 0. The number of rotatable bonds is 5. The van der Waals surface area contributed by atoms with Gasteiger partial charge in [0.05, 0.1) is 0 Å². The van der Waals surface area contributed by atoms with Crippen molar-refractivity contribution in [3.8, 4) is 0 Å². The molecule has 25 heavy (non-hydrogen) atoms. The quantitative estimate of drug-likeness (QED) is 0.899. The van der Waals surface area contributed by atoms with Crippen LogP contribution in [0.1, 0.15) is 36.1 Å². The Morgan fingerprint density at radius 1 is 1.36 bits per heavy atom. The summed E-state index contributed by atoms with van der Waals surface area (Å²) >= 11 is 0. The summed E-state index contributed by atoms with van der Waals surface area (Å²) in [5.74, 6) is 1.32. The highest BCUT2D eigenvalue weighted by atomic mass is 19.1. The van der Waals surface area contributed by atoms with Gasteiger partial charge in [-0.2, -0.15) is 5.10 Å². The molecule has 1 amide bonds. The molecule has 2 N–H and O–H groups in total. The van der Waals surface area contributed by atoms with Crippen LogP contribution in [-0.2, 0) is 11.3 Å². The first-order valence-corrected chi connectivity index (χ1v) is 8.61. The van der Waals surface area contributed by atoms with E-state index >= 15 is 0 Å². The number of carbonyl (C=O) groups is 1. The van der Waals surface area contributed by atoms with E-state index in [9.17, 15) is 9.18 Å². The van der Waals surface area contributed by atoms with Crippen molar-refractivity contribution in [3.63, 3.8) is 0 Å². The Bertz CT molecular complexity index is 742. The molecule has 1 aromatic carbocycles. The van der Waals surface area contributed by atoms with Crippen LogP contribution in [0.3, 0.4) is 0 Å². The van der Waals surface area contributed by atoms with Crippen molar-refractivity contribution in [1.29, 1.82) is 0 Å². The average Bonchev–Trinajstić information content (AvgIpc) is 2.87. The summed E-state index contributed by atoms with van der Waals surface area (Å²) in [4.78, 5) is 18.5. The monoisotopic (exact) mass is 345 g/mol. The molecule has 0 radical (unpaired) electrons. The summed E-state index contributed by atoms with van der Waals surface area (Å²) in [6.07, 6.45) is 2.06. The van der Waals surface area contributed by atoms with Gasteiger partial charge in [0.25, 0.3) is 0 Å². The Morgan fingerprint density at radius 3 is 2.68 bits per heavy atom. The molecule has 6 nitrogen and oxygen atoms in total. The minimum absolute atomic E-state index is 0.319. The summed E-state index contributed by atoms with van der Waals surface area (Å²) in [5.41, 5.74) is 6.40. The second-order valence-electron chi connectivity index (χ2n) is 6.75. The van der Waals surface area contributed by atoms with Crippen molar-refractivity contribution in [3.05, 3.63) is 47.3 Å². The fourth-order valence-electron chi connectivity index (χ4n) is 3.66. The fourth-order valence-corrected chi connectivity index (χ4v) is 3.66. The molecule has 0 saturated carbocycles. The maximum Gasteiger partial charge on any atom is 0.239 e. The lowest BCUT2D eigenvalue weighted by Crippen LogP contribution is -2.44. The van der Waals surface area contributed by atoms with E-state index in [1.807, 2.05) is 18.5 Å². The van der Waals surface area contributed by atoms with Crippen LogP contribution in [0, 0.1) is 25.6 Å². The summed E-state index contributed by atoms with van der Waals surface area (Å²) < 4.78 is 15.1. The molecule has 1 saturated heterocycles. The number of carbonyl (C=O) groups excluding carboxylic acids is 1. The van der Waals surface area contributed by atoms with Gasteiger partial charge < -0.3 is 5.73 Å². The highest BCUT2D eigenvalue weighted by molar-refractivity contribution is 5.81. The third-order valence-electron chi connectivity index (χ3n) is 4.76. The molecule has 3 rings (SSSR count). The van der Waals surface area contributed by atoms with Crippen molar-refractivity contribution in [2.24, 2.45) is 11.7 Å². The maximum atomic E-state index is 13.2. The number of likely N-dealkylation sites (tertiary alicyclic amines) is 1. The number of piperidine rings is 1. The number of amides is 1. The van der Waals surface area contributed by atoms with E-state index in [1.54, 1.807) is 12.1 Å². The number of hydrogen-bond donors (Lipinski definition) is 1. The highest BCUT2D eigenvalue weighted by Gasteiger charge is 2.31. The predicted octanol–water partition coefficient (Wildman–Crippen LogP) is 1.97. The van der Waals surface area contributed by atoms with Crippen molar-refractivity contribution >= 4 is 5.91 Å². The zero-order chi connectivity index (χ0) is 18.0. The zero-order valence-electron chi connectivity index (χ0n) is 14.7. The molecule has 0 aliphatic carbocycles. The van der Waals surface area contributed by atoms with E-state index in [2.05, 4.69) is 15.0 Å². The van der Waals surface area contributed by atoms with Crippen LogP contribution >= 0.6 is 0 Å². The molecule has 0 spiro atoms. The second-order valence-corrected chi connectivity index (χ2v) is 6.75. The third-order valence-corrected chi connectivity index (χ3v) is 4.76. The van der Waals surface area contributed by atoms with Crippen LogP contribution in [-0.4, -0.2) is 38.7 Å². The lowest BCUT2D eigenvalue weighted by Gasteiger charge is -2.37. The highest BCUT2D eigenvalue weighted by Crippen LogP contribution is 2.28. The first-order chi connectivity index (χ1) is 11.9. The minimum atomic E-state index is -0.526. The van der Waals surface area contributed by atoms with E-state index in [0.29, 0.717) is 5.92 Å². The largest absolute Gasteiger partial charge is 0.368 e. The molecule has 7 heteroatoms. The SMILES string of the molecule is Cc1nc(C)n(C[C@H]2CCCN([C@H](C(N)=O)c3ccc(F)cc3)C2)n1. The average molecular weight is 345 g/mol. The lowest BCUT2D eigenvalue weighted by atomic mass is 9.94. The van der Waals surface area contributed by atoms with Gasteiger partial charge in [0.15, 0.2) is 0 Å². The van der Waals surface area contributed by atoms with Gasteiger partial charge in [-0.3, -0.25) is 9.69 Å². The van der Waals surface area contributed by atoms with Gasteiger partial charge in [0.1, 0.15) is 23.5 Å². The van der Waals surface area contributed by atoms with Crippen LogP contribution in [0.25, 0.3) is 0 Å². The number of primary amides is 1. The van der Waals surface area contributed by atoms with Crippen molar-refractivity contribution in [1.82, 2.24) is 19.7 Å². The van der Waals surface area contributed by atoms with Crippen molar-refractivity contribution in [2.45, 2.75) is 39.3 Å². The fraction of sp³-hybridized carbons (Fsp3) is 0.500. The Balaban J connectivity index is 1.75. The van der Waals surface area contributed by atoms with Gasteiger partial charge in [-0.1, -0.05) is 12.1 Å². The lowest BCUT2D eigenvalue weighted by molar-refractivity contribution is -0.124. The summed E-state index contributed by atoms with van der Waals surface area (Å²) in [6.45, 7) is 6.16. The molecule has 2 atom stereocenters. The van der Waals surface area contributed by atoms with Crippen LogP contribution < -0.4 is 5.73 Å². The Hall–Kier alpha value is -2.28. The van der Waals surface area contributed by atoms with E-state index < -0.39 is 11.9 Å². The van der Waals surface area contributed by atoms with E-state index in [4.69, 9.17) is 5.73 Å². The van der Waals surface area contributed by atoms with E-state index in [-0.39, 0.29) is 5.82 Å². The predicted molar refractivity (Wildman–Crippen MR) is 92.1 cm³/mol.